The fourth-order valence-corrected chi connectivity index (χ4v) is 1.95. The van der Waals surface area contributed by atoms with Crippen LogP contribution in [0.3, 0.4) is 0 Å². The van der Waals surface area contributed by atoms with Gasteiger partial charge in [0, 0.05) is 23.4 Å². The molecule has 0 unspecified atom stereocenters. The molecule has 1 aliphatic carbocycles. The second kappa shape index (κ2) is 2.96. The van der Waals surface area contributed by atoms with Crippen LogP contribution < -0.4 is 5.73 Å². The van der Waals surface area contributed by atoms with Gasteiger partial charge >= 0.3 is 0 Å². The quantitative estimate of drug-likeness (QED) is 0.740. The van der Waals surface area contributed by atoms with Crippen molar-refractivity contribution in [3.05, 3.63) is 34.9 Å². The second-order valence-corrected chi connectivity index (χ2v) is 4.11. The summed E-state index contributed by atoms with van der Waals surface area (Å²) in [5.74, 6) is 0. The molecule has 0 amide bonds. The van der Waals surface area contributed by atoms with E-state index in [0.29, 0.717) is 17.9 Å². The predicted octanol–water partition coefficient (Wildman–Crippen LogP) is 2.63. The number of halogens is 2. The van der Waals surface area contributed by atoms with Crippen molar-refractivity contribution in [3.8, 4) is 0 Å². The van der Waals surface area contributed by atoms with Gasteiger partial charge in [0.25, 0.3) is 0 Å². The average molecular weight is 200 g/mol. The van der Waals surface area contributed by atoms with E-state index < -0.39 is 11.7 Å². The van der Waals surface area contributed by atoms with Gasteiger partial charge in [-0.3, -0.25) is 0 Å². The zero-order chi connectivity index (χ0) is 9.47. The lowest BCUT2D eigenvalue weighted by Crippen LogP contribution is -2.50. The van der Waals surface area contributed by atoms with E-state index in [1.165, 1.54) is 0 Å². The topological polar surface area (TPSA) is 26.0 Å². The molecule has 0 saturated heterocycles. The zero-order valence-electron chi connectivity index (χ0n) is 7.13. The zero-order valence-corrected chi connectivity index (χ0v) is 7.89. The monoisotopic (exact) mass is 199 g/mol. The Hall–Kier alpha value is -0.600. The highest BCUT2D eigenvalue weighted by Crippen LogP contribution is 2.41. The molecule has 0 aromatic heterocycles. The van der Waals surface area contributed by atoms with Crippen molar-refractivity contribution in [2.24, 2.45) is 5.73 Å². The van der Waals surface area contributed by atoms with Crippen molar-refractivity contribution in [3.63, 3.8) is 0 Å². The van der Waals surface area contributed by atoms with Crippen LogP contribution in [0.1, 0.15) is 18.4 Å². The van der Waals surface area contributed by atoms with Crippen molar-refractivity contribution in [1.82, 2.24) is 0 Å². The molecule has 1 saturated carbocycles. The fraction of sp³-hybridized carbons (Fsp3) is 0.400. The normalized spacial score (nSPS) is 32.7. The van der Waals surface area contributed by atoms with E-state index in [4.69, 9.17) is 17.3 Å². The van der Waals surface area contributed by atoms with Crippen LogP contribution >= 0.6 is 11.6 Å². The van der Waals surface area contributed by atoms with Crippen molar-refractivity contribution in [2.45, 2.75) is 24.6 Å². The molecule has 0 radical (unpaired) electrons. The average Bonchev–Trinajstić information content (AvgIpc) is 2.02. The number of benzene rings is 1. The highest BCUT2D eigenvalue weighted by Gasteiger charge is 2.42. The summed E-state index contributed by atoms with van der Waals surface area (Å²) in [6.45, 7) is 0. The molecule has 3 heteroatoms. The molecule has 1 nitrogen and oxygen atoms in total. The Kier molecular flexibility index (Phi) is 2.05. The van der Waals surface area contributed by atoms with E-state index in [1.54, 1.807) is 6.07 Å². The number of hydrogen-bond acceptors (Lipinski definition) is 1. The molecule has 1 aromatic carbocycles. The predicted molar refractivity (Wildman–Crippen MR) is 51.4 cm³/mol. The van der Waals surface area contributed by atoms with Crippen molar-refractivity contribution < 1.29 is 4.39 Å². The molecule has 2 N–H and O–H groups in total. The minimum absolute atomic E-state index is 0.410. The Bertz CT molecular complexity index is 320. The molecular weight excluding hydrogens is 189 g/mol. The Morgan fingerprint density at radius 3 is 2.69 bits per heavy atom. The second-order valence-electron chi connectivity index (χ2n) is 3.67. The van der Waals surface area contributed by atoms with Gasteiger partial charge in [-0.25, -0.2) is 4.39 Å². The minimum Gasteiger partial charge on any atom is -0.321 e. The first kappa shape index (κ1) is 8.97. The van der Waals surface area contributed by atoms with Crippen LogP contribution in [0.2, 0.25) is 5.02 Å². The van der Waals surface area contributed by atoms with Crippen LogP contribution in [0.25, 0.3) is 0 Å². The summed E-state index contributed by atoms with van der Waals surface area (Å²) in [6, 6.07) is 7.35. The third-order valence-corrected chi connectivity index (χ3v) is 2.81. The standard InChI is InChI=1S/C10H11ClFN/c11-8-3-1-2-7(4-8)10(13)5-9(12)6-10/h1-4,9H,5-6,13H2. The van der Waals surface area contributed by atoms with E-state index in [9.17, 15) is 4.39 Å². The summed E-state index contributed by atoms with van der Waals surface area (Å²) in [5, 5.41) is 0.657. The van der Waals surface area contributed by atoms with Crippen LogP contribution in [-0.2, 0) is 5.54 Å². The van der Waals surface area contributed by atoms with Crippen molar-refractivity contribution in [1.29, 1.82) is 0 Å². The largest absolute Gasteiger partial charge is 0.321 e. The van der Waals surface area contributed by atoms with E-state index in [1.807, 2.05) is 18.2 Å². The maximum absolute atomic E-state index is 12.7. The van der Waals surface area contributed by atoms with Gasteiger partial charge in [0.15, 0.2) is 0 Å². The fourth-order valence-electron chi connectivity index (χ4n) is 1.76. The Balaban J connectivity index is 2.26. The van der Waals surface area contributed by atoms with Crippen LogP contribution in [-0.4, -0.2) is 6.17 Å². The van der Waals surface area contributed by atoms with Crippen LogP contribution in [0.15, 0.2) is 24.3 Å². The number of hydrogen-bond donors (Lipinski definition) is 1. The van der Waals surface area contributed by atoms with Gasteiger partial charge in [-0.05, 0) is 17.7 Å². The summed E-state index contributed by atoms with van der Waals surface area (Å²) in [6.07, 6.45) is 0.0738. The maximum atomic E-state index is 12.7. The summed E-state index contributed by atoms with van der Waals surface area (Å²) >= 11 is 5.82. The third-order valence-electron chi connectivity index (χ3n) is 2.57. The first-order valence-corrected chi connectivity index (χ1v) is 4.67. The Labute approximate surface area is 81.7 Å². The van der Waals surface area contributed by atoms with Gasteiger partial charge in [-0.1, -0.05) is 23.7 Å². The van der Waals surface area contributed by atoms with E-state index in [0.717, 1.165) is 5.56 Å². The first-order chi connectivity index (χ1) is 6.10. The number of nitrogens with two attached hydrogens (primary N) is 1. The van der Waals surface area contributed by atoms with Gasteiger partial charge in [0.05, 0.1) is 0 Å². The van der Waals surface area contributed by atoms with E-state index in [2.05, 4.69) is 0 Å². The van der Waals surface area contributed by atoms with Crippen LogP contribution in [0.4, 0.5) is 4.39 Å². The summed E-state index contributed by atoms with van der Waals surface area (Å²) in [7, 11) is 0. The van der Waals surface area contributed by atoms with Gasteiger partial charge in [-0.15, -0.1) is 0 Å². The lowest BCUT2D eigenvalue weighted by Gasteiger charge is -2.41. The summed E-state index contributed by atoms with van der Waals surface area (Å²) in [4.78, 5) is 0. The molecule has 13 heavy (non-hydrogen) atoms. The van der Waals surface area contributed by atoms with Gasteiger partial charge < -0.3 is 5.73 Å². The molecule has 0 heterocycles. The van der Waals surface area contributed by atoms with E-state index in [-0.39, 0.29) is 0 Å². The van der Waals surface area contributed by atoms with Crippen LogP contribution in [0, 0.1) is 0 Å². The van der Waals surface area contributed by atoms with Crippen molar-refractivity contribution in [2.75, 3.05) is 0 Å². The molecule has 2 rings (SSSR count). The first-order valence-electron chi connectivity index (χ1n) is 4.29. The molecule has 0 bridgehead atoms. The number of alkyl halides is 1. The Morgan fingerprint density at radius 1 is 1.46 bits per heavy atom. The van der Waals surface area contributed by atoms with Gasteiger partial charge in [-0.2, -0.15) is 0 Å². The van der Waals surface area contributed by atoms with Crippen molar-refractivity contribution >= 4 is 11.6 Å². The summed E-state index contributed by atoms with van der Waals surface area (Å²) < 4.78 is 12.7. The van der Waals surface area contributed by atoms with E-state index >= 15 is 0 Å². The molecule has 0 atom stereocenters. The highest BCUT2D eigenvalue weighted by molar-refractivity contribution is 6.30. The molecule has 0 aliphatic heterocycles. The summed E-state index contributed by atoms with van der Waals surface area (Å²) in [5.41, 5.74) is 6.44. The molecular formula is C10H11ClFN. The number of rotatable bonds is 1. The SMILES string of the molecule is NC1(c2cccc(Cl)c2)CC(F)C1. The lowest BCUT2D eigenvalue weighted by atomic mass is 9.71. The highest BCUT2D eigenvalue weighted by atomic mass is 35.5. The molecule has 1 aromatic rings. The molecule has 1 aliphatic rings. The third kappa shape index (κ3) is 1.56. The smallest absolute Gasteiger partial charge is 0.104 e. The minimum atomic E-state index is -0.746. The maximum Gasteiger partial charge on any atom is 0.104 e. The van der Waals surface area contributed by atoms with Gasteiger partial charge in [0.1, 0.15) is 6.17 Å². The van der Waals surface area contributed by atoms with Gasteiger partial charge in [0.2, 0.25) is 0 Å². The Morgan fingerprint density at radius 2 is 2.15 bits per heavy atom. The molecule has 0 spiro atoms. The lowest BCUT2D eigenvalue weighted by molar-refractivity contribution is 0.0985. The molecule has 70 valence electrons. The molecule has 1 fully saturated rings. The van der Waals surface area contributed by atoms with Crippen LogP contribution in [0.5, 0.6) is 0 Å².